The van der Waals surface area contributed by atoms with Crippen LogP contribution in [0.15, 0.2) is 0 Å². The van der Waals surface area contributed by atoms with E-state index in [1.165, 1.54) is 6.26 Å². The van der Waals surface area contributed by atoms with E-state index in [1.54, 1.807) is 0 Å². The molecule has 114 valence electrons. The van der Waals surface area contributed by atoms with Crippen LogP contribution in [0.5, 0.6) is 0 Å². The van der Waals surface area contributed by atoms with E-state index in [2.05, 4.69) is 18.7 Å². The summed E-state index contributed by atoms with van der Waals surface area (Å²) < 4.78 is 22.3. The molecular weight excluding hydrogens is 262 g/mol. The van der Waals surface area contributed by atoms with E-state index >= 15 is 0 Å². The first-order valence-electron chi connectivity index (χ1n) is 7.23. The molecule has 0 aromatic carbocycles. The fraction of sp³-hybridized carbons (Fsp3) is 0.929. The molecule has 0 saturated carbocycles. The lowest BCUT2D eigenvalue weighted by Crippen LogP contribution is -2.53. The highest BCUT2D eigenvalue weighted by Crippen LogP contribution is 2.27. The number of hydrogen-bond acceptors (Lipinski definition) is 4. The summed E-state index contributed by atoms with van der Waals surface area (Å²) in [5, 5.41) is 0. The third-order valence-corrected chi connectivity index (χ3v) is 5.01. The lowest BCUT2D eigenvalue weighted by molar-refractivity contribution is -0.132. The molecule has 4 nitrogen and oxygen atoms in total. The maximum absolute atomic E-state index is 12.5. The minimum Gasteiger partial charge on any atom is -0.298 e. The predicted octanol–water partition coefficient (Wildman–Crippen LogP) is 2.28. The Hall–Kier alpha value is -0.420. The molecule has 19 heavy (non-hydrogen) atoms. The Balaban J connectivity index is 4.84. The first kappa shape index (κ1) is 18.6. The monoisotopic (exact) mass is 291 g/mol. The number of ketones is 1. The average Bonchev–Trinajstić information content (AvgIpc) is 2.34. The summed E-state index contributed by atoms with van der Waals surface area (Å²) in [4.78, 5) is 14.7. The number of likely N-dealkylation sites (N-methyl/N-ethyl adjacent to an activating group) is 1. The van der Waals surface area contributed by atoms with Gasteiger partial charge in [0.2, 0.25) is 0 Å². The van der Waals surface area contributed by atoms with Gasteiger partial charge in [0.15, 0.2) is 5.78 Å². The van der Waals surface area contributed by atoms with Crippen molar-refractivity contribution in [1.29, 1.82) is 0 Å². The first-order valence-corrected chi connectivity index (χ1v) is 9.29. The average molecular weight is 291 g/mol. The van der Waals surface area contributed by atoms with Crippen LogP contribution in [0.25, 0.3) is 0 Å². The summed E-state index contributed by atoms with van der Waals surface area (Å²) in [7, 11) is -2.98. The van der Waals surface area contributed by atoms with Gasteiger partial charge >= 0.3 is 0 Å². The molecule has 0 spiro atoms. The zero-order valence-electron chi connectivity index (χ0n) is 13.0. The van der Waals surface area contributed by atoms with Crippen molar-refractivity contribution in [1.82, 2.24) is 4.90 Å². The van der Waals surface area contributed by atoms with Crippen LogP contribution < -0.4 is 0 Å². The molecule has 0 aromatic rings. The van der Waals surface area contributed by atoms with Crippen molar-refractivity contribution in [3.8, 4) is 0 Å². The van der Waals surface area contributed by atoms with Gasteiger partial charge < -0.3 is 0 Å². The van der Waals surface area contributed by atoms with E-state index < -0.39 is 15.4 Å². The van der Waals surface area contributed by atoms with Crippen LogP contribution in [-0.2, 0) is 14.6 Å². The van der Waals surface area contributed by atoms with Gasteiger partial charge in [-0.05, 0) is 32.4 Å². The lowest BCUT2D eigenvalue weighted by atomic mass is 9.83. The van der Waals surface area contributed by atoms with Gasteiger partial charge in [0.05, 0.1) is 11.3 Å². The van der Waals surface area contributed by atoms with E-state index in [0.717, 1.165) is 25.9 Å². The zero-order valence-corrected chi connectivity index (χ0v) is 13.8. The van der Waals surface area contributed by atoms with Crippen molar-refractivity contribution >= 4 is 15.6 Å². The molecule has 0 aliphatic rings. The van der Waals surface area contributed by atoms with Crippen molar-refractivity contribution in [2.45, 2.75) is 58.9 Å². The van der Waals surface area contributed by atoms with Crippen molar-refractivity contribution in [3.05, 3.63) is 0 Å². The summed E-state index contributed by atoms with van der Waals surface area (Å²) >= 11 is 0. The number of carbonyl (C=O) groups is 1. The third kappa shape index (κ3) is 5.22. The van der Waals surface area contributed by atoms with Crippen LogP contribution in [0.4, 0.5) is 0 Å². The van der Waals surface area contributed by atoms with Gasteiger partial charge in [-0.25, -0.2) is 8.42 Å². The number of carbonyl (C=O) groups excluding carboxylic acids is 1. The van der Waals surface area contributed by atoms with Gasteiger partial charge in [0, 0.05) is 12.7 Å². The molecule has 0 aliphatic carbocycles. The van der Waals surface area contributed by atoms with Gasteiger partial charge in [0.1, 0.15) is 9.84 Å². The first-order chi connectivity index (χ1) is 8.77. The maximum Gasteiger partial charge on any atom is 0.153 e. The summed E-state index contributed by atoms with van der Waals surface area (Å²) in [6.45, 7) is 9.89. The molecular formula is C14H29NO3S. The van der Waals surface area contributed by atoms with E-state index in [9.17, 15) is 13.2 Å². The van der Waals surface area contributed by atoms with Gasteiger partial charge in [-0.15, -0.1) is 0 Å². The number of nitrogens with zero attached hydrogens (tertiary/aromatic N) is 1. The quantitative estimate of drug-likeness (QED) is 0.619. The minimum absolute atomic E-state index is 0.0977. The Bertz CT molecular complexity index is 368. The highest BCUT2D eigenvalue weighted by atomic mass is 32.2. The molecule has 0 amide bonds. The van der Waals surface area contributed by atoms with Crippen LogP contribution >= 0.6 is 0 Å². The van der Waals surface area contributed by atoms with Gasteiger partial charge in [-0.1, -0.05) is 27.7 Å². The molecule has 0 bridgehead atoms. The fourth-order valence-corrected chi connectivity index (χ4v) is 3.49. The molecule has 0 atom stereocenters. The summed E-state index contributed by atoms with van der Waals surface area (Å²) in [6.07, 6.45) is 3.56. The van der Waals surface area contributed by atoms with Crippen LogP contribution in [0.2, 0.25) is 0 Å². The lowest BCUT2D eigenvalue weighted by Gasteiger charge is -2.41. The van der Waals surface area contributed by atoms with Crippen molar-refractivity contribution in [2.75, 3.05) is 25.1 Å². The normalized spacial score (nSPS) is 12.9. The molecule has 0 saturated heterocycles. The molecule has 0 aromatic heterocycles. The molecule has 5 heteroatoms. The van der Waals surface area contributed by atoms with Crippen LogP contribution in [0.3, 0.4) is 0 Å². The van der Waals surface area contributed by atoms with Crippen molar-refractivity contribution in [2.24, 2.45) is 0 Å². The Kier molecular flexibility index (Phi) is 7.82. The van der Waals surface area contributed by atoms with Crippen LogP contribution in [-0.4, -0.2) is 49.7 Å². The SMILES string of the molecule is CCN(CC)C(CC)(CC)C(=O)CCCS(C)(=O)=O. The second kappa shape index (κ2) is 8.00. The third-order valence-electron chi connectivity index (χ3n) is 3.98. The van der Waals surface area contributed by atoms with Crippen molar-refractivity contribution < 1.29 is 13.2 Å². The number of hydrogen-bond donors (Lipinski definition) is 0. The molecule has 0 radical (unpaired) electrons. The van der Waals surface area contributed by atoms with Gasteiger partial charge in [-0.3, -0.25) is 9.69 Å². The molecule has 0 aliphatic heterocycles. The summed E-state index contributed by atoms with van der Waals surface area (Å²) in [5.74, 6) is 0.283. The number of Topliss-reactive ketones (excluding diaryl/α,β-unsaturated/α-hetero) is 1. The Morgan fingerprint density at radius 1 is 1.05 bits per heavy atom. The molecule has 0 unspecified atom stereocenters. The molecule has 0 N–H and O–H groups in total. The molecule has 0 heterocycles. The summed E-state index contributed by atoms with van der Waals surface area (Å²) in [5.41, 5.74) is -0.416. The Morgan fingerprint density at radius 3 is 1.84 bits per heavy atom. The second-order valence-electron chi connectivity index (χ2n) is 5.07. The highest BCUT2D eigenvalue weighted by Gasteiger charge is 2.38. The van der Waals surface area contributed by atoms with Crippen molar-refractivity contribution in [3.63, 3.8) is 0 Å². The second-order valence-corrected chi connectivity index (χ2v) is 7.33. The van der Waals surface area contributed by atoms with E-state index in [4.69, 9.17) is 0 Å². The van der Waals surface area contributed by atoms with E-state index in [-0.39, 0.29) is 11.5 Å². The maximum atomic E-state index is 12.5. The van der Waals surface area contributed by atoms with Crippen LogP contribution in [0.1, 0.15) is 53.4 Å². The minimum atomic E-state index is -2.98. The highest BCUT2D eigenvalue weighted by molar-refractivity contribution is 7.90. The van der Waals surface area contributed by atoms with Crippen LogP contribution in [0, 0.1) is 0 Å². The van der Waals surface area contributed by atoms with E-state index in [0.29, 0.717) is 12.8 Å². The number of sulfone groups is 1. The van der Waals surface area contributed by atoms with Gasteiger partial charge in [0.25, 0.3) is 0 Å². The molecule has 0 rings (SSSR count). The number of rotatable bonds is 10. The smallest absolute Gasteiger partial charge is 0.153 e. The summed E-state index contributed by atoms with van der Waals surface area (Å²) in [6, 6.07) is 0. The topological polar surface area (TPSA) is 54.5 Å². The predicted molar refractivity (Wildman–Crippen MR) is 80.2 cm³/mol. The van der Waals surface area contributed by atoms with E-state index in [1.807, 2.05) is 13.8 Å². The zero-order chi connectivity index (χ0) is 15.1. The Morgan fingerprint density at radius 2 is 1.53 bits per heavy atom. The largest absolute Gasteiger partial charge is 0.298 e. The molecule has 0 fully saturated rings. The standard InChI is InChI=1S/C14H29NO3S/c1-6-14(7-2,15(8-3)9-4)13(16)11-10-12-19(5,17)18/h6-12H2,1-5H3. The Labute approximate surface area is 118 Å². The van der Waals surface area contributed by atoms with Gasteiger partial charge in [-0.2, -0.15) is 0 Å². The fourth-order valence-electron chi connectivity index (χ4n) is 2.82.